The van der Waals surface area contributed by atoms with Crippen molar-refractivity contribution in [3.8, 4) is 0 Å². The van der Waals surface area contributed by atoms with E-state index in [1.807, 2.05) is 6.07 Å². The lowest BCUT2D eigenvalue weighted by molar-refractivity contribution is 0.184. The molecule has 0 amide bonds. The highest BCUT2D eigenvalue weighted by Gasteiger charge is 2.10. The van der Waals surface area contributed by atoms with Gasteiger partial charge in [-0.15, -0.1) is 0 Å². The van der Waals surface area contributed by atoms with Crippen LogP contribution in [-0.4, -0.2) is 37.3 Å². The highest BCUT2D eigenvalue weighted by molar-refractivity contribution is 5.52. The molecule has 0 aromatic heterocycles. The Morgan fingerprint density at radius 1 is 0.857 bits per heavy atom. The van der Waals surface area contributed by atoms with Crippen LogP contribution in [0.1, 0.15) is 11.1 Å². The van der Waals surface area contributed by atoms with Crippen LogP contribution in [0.4, 0.5) is 5.69 Å². The predicted octanol–water partition coefficient (Wildman–Crippen LogP) is 2.75. The molecule has 0 fully saturated rings. The first-order valence-electron chi connectivity index (χ1n) is 7.33. The maximum absolute atomic E-state index is 9.32. The van der Waals surface area contributed by atoms with Gasteiger partial charge in [-0.2, -0.15) is 0 Å². The molecule has 2 aromatic rings. The van der Waals surface area contributed by atoms with Crippen molar-refractivity contribution >= 4 is 5.69 Å². The number of rotatable bonds is 7. The van der Waals surface area contributed by atoms with E-state index >= 15 is 0 Å². The largest absolute Gasteiger partial charge is 0.395 e. The van der Waals surface area contributed by atoms with Crippen LogP contribution in [0.25, 0.3) is 0 Å². The molecule has 0 bridgehead atoms. The van der Waals surface area contributed by atoms with Gasteiger partial charge in [-0.25, -0.2) is 0 Å². The van der Waals surface area contributed by atoms with Crippen LogP contribution in [-0.2, 0) is 13.1 Å². The quantitative estimate of drug-likeness (QED) is 0.847. The summed E-state index contributed by atoms with van der Waals surface area (Å²) >= 11 is 0. The second-order valence-electron chi connectivity index (χ2n) is 5.44. The van der Waals surface area contributed by atoms with Gasteiger partial charge in [-0.3, -0.25) is 4.90 Å². The summed E-state index contributed by atoms with van der Waals surface area (Å²) in [6.45, 7) is 2.54. The molecule has 2 aromatic carbocycles. The van der Waals surface area contributed by atoms with E-state index in [0.717, 1.165) is 13.1 Å². The van der Waals surface area contributed by atoms with Gasteiger partial charge in [0.25, 0.3) is 0 Å². The van der Waals surface area contributed by atoms with E-state index in [4.69, 9.17) is 0 Å². The Hall–Kier alpha value is -1.84. The molecule has 1 N–H and O–H groups in total. The van der Waals surface area contributed by atoms with Gasteiger partial charge in [0.15, 0.2) is 0 Å². The van der Waals surface area contributed by atoms with Crippen LogP contribution in [0, 0.1) is 0 Å². The molecule has 2 rings (SSSR count). The Morgan fingerprint density at radius 3 is 2.19 bits per heavy atom. The SMILES string of the molecule is CN(C)c1ccccc1CN(CCO)Cc1ccccc1. The molecule has 21 heavy (non-hydrogen) atoms. The third-order valence-corrected chi connectivity index (χ3v) is 3.53. The second kappa shape index (κ2) is 7.81. The average molecular weight is 284 g/mol. The normalized spacial score (nSPS) is 10.9. The molecule has 0 saturated heterocycles. The predicted molar refractivity (Wildman–Crippen MR) is 88.4 cm³/mol. The first kappa shape index (κ1) is 15.5. The van der Waals surface area contributed by atoms with Gasteiger partial charge < -0.3 is 10.0 Å². The summed E-state index contributed by atoms with van der Waals surface area (Å²) in [7, 11) is 4.12. The fourth-order valence-corrected chi connectivity index (χ4v) is 2.52. The van der Waals surface area contributed by atoms with Crippen LogP contribution in [0.2, 0.25) is 0 Å². The van der Waals surface area contributed by atoms with Gasteiger partial charge in [-0.1, -0.05) is 48.5 Å². The summed E-state index contributed by atoms with van der Waals surface area (Å²) < 4.78 is 0. The molecule has 0 unspecified atom stereocenters. The molecule has 0 spiro atoms. The standard InChI is InChI=1S/C18H24N2O/c1-19(2)18-11-7-6-10-17(18)15-20(12-13-21)14-16-8-4-3-5-9-16/h3-11,21H,12-15H2,1-2H3. The third kappa shape index (κ3) is 4.59. The molecular weight excluding hydrogens is 260 g/mol. The maximum Gasteiger partial charge on any atom is 0.0558 e. The summed E-state index contributed by atoms with van der Waals surface area (Å²) in [5.74, 6) is 0. The molecule has 0 saturated carbocycles. The Kier molecular flexibility index (Phi) is 5.78. The lowest BCUT2D eigenvalue weighted by atomic mass is 10.1. The Bertz CT molecular complexity index is 540. The van der Waals surface area contributed by atoms with Gasteiger partial charge in [0.05, 0.1) is 6.61 Å². The van der Waals surface area contributed by atoms with Crippen molar-refractivity contribution in [1.29, 1.82) is 0 Å². The van der Waals surface area contributed by atoms with Gasteiger partial charge in [0.2, 0.25) is 0 Å². The van der Waals surface area contributed by atoms with Crippen molar-refractivity contribution in [2.45, 2.75) is 13.1 Å². The van der Waals surface area contributed by atoms with E-state index in [0.29, 0.717) is 6.54 Å². The van der Waals surface area contributed by atoms with E-state index in [1.165, 1.54) is 16.8 Å². The number of hydrogen-bond donors (Lipinski definition) is 1. The maximum atomic E-state index is 9.32. The fourth-order valence-electron chi connectivity index (χ4n) is 2.52. The van der Waals surface area contributed by atoms with E-state index in [2.05, 4.69) is 72.4 Å². The lowest BCUT2D eigenvalue weighted by Crippen LogP contribution is -2.27. The molecule has 3 nitrogen and oxygen atoms in total. The fraction of sp³-hybridized carbons (Fsp3) is 0.333. The van der Waals surface area contributed by atoms with E-state index in [-0.39, 0.29) is 6.61 Å². The van der Waals surface area contributed by atoms with Crippen molar-refractivity contribution in [1.82, 2.24) is 4.90 Å². The smallest absolute Gasteiger partial charge is 0.0558 e. The lowest BCUT2D eigenvalue weighted by Gasteiger charge is -2.25. The van der Waals surface area contributed by atoms with Crippen molar-refractivity contribution in [3.05, 3.63) is 65.7 Å². The number of aliphatic hydroxyl groups excluding tert-OH is 1. The Morgan fingerprint density at radius 2 is 1.52 bits per heavy atom. The number of para-hydroxylation sites is 1. The highest BCUT2D eigenvalue weighted by atomic mass is 16.3. The molecule has 0 heterocycles. The molecule has 0 aliphatic rings. The monoisotopic (exact) mass is 284 g/mol. The number of hydrogen-bond acceptors (Lipinski definition) is 3. The Balaban J connectivity index is 2.13. The zero-order valence-electron chi connectivity index (χ0n) is 12.9. The van der Waals surface area contributed by atoms with E-state index < -0.39 is 0 Å². The summed E-state index contributed by atoms with van der Waals surface area (Å²) in [6.07, 6.45) is 0. The number of nitrogens with zero attached hydrogens (tertiary/aromatic N) is 2. The van der Waals surface area contributed by atoms with Crippen molar-refractivity contribution in [3.63, 3.8) is 0 Å². The highest BCUT2D eigenvalue weighted by Crippen LogP contribution is 2.20. The van der Waals surface area contributed by atoms with Crippen molar-refractivity contribution in [2.75, 3.05) is 32.1 Å². The summed E-state index contributed by atoms with van der Waals surface area (Å²) in [4.78, 5) is 4.41. The molecule has 0 aliphatic carbocycles. The molecule has 0 atom stereocenters. The zero-order valence-corrected chi connectivity index (χ0v) is 12.9. The van der Waals surface area contributed by atoms with Crippen LogP contribution in [0.3, 0.4) is 0 Å². The van der Waals surface area contributed by atoms with Crippen molar-refractivity contribution < 1.29 is 5.11 Å². The summed E-state index contributed by atoms with van der Waals surface area (Å²) in [5.41, 5.74) is 3.79. The minimum Gasteiger partial charge on any atom is -0.395 e. The number of benzene rings is 2. The number of anilines is 1. The number of aliphatic hydroxyl groups is 1. The first-order valence-corrected chi connectivity index (χ1v) is 7.33. The zero-order chi connectivity index (χ0) is 15.1. The van der Waals surface area contributed by atoms with Crippen LogP contribution in [0.15, 0.2) is 54.6 Å². The molecule has 3 heteroatoms. The third-order valence-electron chi connectivity index (χ3n) is 3.53. The minimum atomic E-state index is 0.178. The summed E-state index contributed by atoms with van der Waals surface area (Å²) in [6, 6.07) is 18.8. The van der Waals surface area contributed by atoms with Crippen LogP contribution < -0.4 is 4.90 Å². The van der Waals surface area contributed by atoms with E-state index in [1.54, 1.807) is 0 Å². The first-order chi connectivity index (χ1) is 10.2. The topological polar surface area (TPSA) is 26.7 Å². The van der Waals surface area contributed by atoms with E-state index in [9.17, 15) is 5.11 Å². The Labute approximate surface area is 127 Å². The minimum absolute atomic E-state index is 0.178. The van der Waals surface area contributed by atoms with Crippen LogP contribution in [0.5, 0.6) is 0 Å². The molecule has 0 radical (unpaired) electrons. The molecule has 112 valence electrons. The van der Waals surface area contributed by atoms with Gasteiger partial charge >= 0.3 is 0 Å². The summed E-state index contributed by atoms with van der Waals surface area (Å²) in [5, 5.41) is 9.32. The average Bonchev–Trinajstić information content (AvgIpc) is 2.49. The molecule has 0 aliphatic heterocycles. The van der Waals surface area contributed by atoms with Crippen molar-refractivity contribution in [2.24, 2.45) is 0 Å². The second-order valence-corrected chi connectivity index (χ2v) is 5.44. The van der Waals surface area contributed by atoms with Gasteiger partial charge in [0, 0.05) is 39.4 Å². The van der Waals surface area contributed by atoms with Gasteiger partial charge in [0.1, 0.15) is 0 Å². The van der Waals surface area contributed by atoms with Gasteiger partial charge in [-0.05, 0) is 17.2 Å². The molecular formula is C18H24N2O. The van der Waals surface area contributed by atoms with Crippen LogP contribution >= 0.6 is 0 Å².